The lowest BCUT2D eigenvalue weighted by atomic mass is 9.97. The molecule has 0 aliphatic carbocycles. The second kappa shape index (κ2) is 9.02. The molecule has 5 atom stereocenters. The third-order valence-corrected chi connectivity index (χ3v) is 5.93. The van der Waals surface area contributed by atoms with E-state index >= 15 is 4.39 Å². The normalized spacial score (nSPS) is 29.2. The molecule has 2 heterocycles. The highest BCUT2D eigenvalue weighted by Gasteiger charge is 2.50. The van der Waals surface area contributed by atoms with Crippen LogP contribution in [0.3, 0.4) is 0 Å². The van der Waals surface area contributed by atoms with Gasteiger partial charge in [-0.25, -0.2) is 9.18 Å². The van der Waals surface area contributed by atoms with Gasteiger partial charge in [-0.1, -0.05) is 49.0 Å². The second-order valence-corrected chi connectivity index (χ2v) is 9.28. The van der Waals surface area contributed by atoms with Gasteiger partial charge in [-0.15, -0.1) is 0 Å². The van der Waals surface area contributed by atoms with Gasteiger partial charge in [-0.2, -0.15) is 0 Å². The minimum absolute atomic E-state index is 0.310. The van der Waals surface area contributed by atoms with Crippen LogP contribution in [0.1, 0.15) is 39.7 Å². The van der Waals surface area contributed by atoms with Gasteiger partial charge in [0, 0.05) is 7.05 Å². The average molecular weight is 425 g/mol. The van der Waals surface area contributed by atoms with Crippen LogP contribution in [-0.2, 0) is 20.8 Å². The average Bonchev–Trinajstić information content (AvgIpc) is 3.10. The van der Waals surface area contributed by atoms with Crippen LogP contribution < -0.4 is 0 Å². The number of nitrogens with zero attached hydrogens (tertiary/aromatic N) is 2. The van der Waals surface area contributed by atoms with E-state index in [0.29, 0.717) is 18.2 Å². The number of carbonyl (C=O) groups excluding carboxylic acids is 1. The molecule has 0 N–H and O–H groups in total. The lowest BCUT2D eigenvalue weighted by molar-refractivity contribution is -0.160. The van der Waals surface area contributed by atoms with Crippen molar-refractivity contribution in [2.45, 2.75) is 76.2 Å². The number of ether oxygens (including phenoxy) is 3. The maximum Gasteiger partial charge on any atom is 0.416 e. The van der Waals surface area contributed by atoms with Gasteiger partial charge >= 0.3 is 6.09 Å². The Bertz CT molecular complexity index is 740. The first-order chi connectivity index (χ1) is 13.7. The van der Waals surface area contributed by atoms with Gasteiger partial charge in [-0.05, 0) is 32.8 Å². The van der Waals surface area contributed by atoms with Gasteiger partial charge in [0.15, 0.2) is 11.3 Å². The summed E-state index contributed by atoms with van der Waals surface area (Å²) in [6, 6.07) is 8.94. The van der Waals surface area contributed by atoms with E-state index in [1.54, 1.807) is 27.8 Å². The zero-order chi connectivity index (χ0) is 21.2. The number of amidine groups is 1. The number of rotatable bonds is 4. The number of hydrogen-bond donors (Lipinski definition) is 0. The summed E-state index contributed by atoms with van der Waals surface area (Å²) in [5.74, 6) is 0. The van der Waals surface area contributed by atoms with Crippen LogP contribution in [0, 0.1) is 0 Å². The molecule has 29 heavy (non-hydrogen) atoms. The molecule has 1 saturated heterocycles. The summed E-state index contributed by atoms with van der Waals surface area (Å²) in [6.45, 7) is 7.64. The molecule has 1 fully saturated rings. The van der Waals surface area contributed by atoms with E-state index < -0.39 is 35.4 Å². The smallest absolute Gasteiger partial charge is 0.416 e. The molecular formula is C21H29FN2O4S. The van der Waals surface area contributed by atoms with Crippen molar-refractivity contribution in [1.29, 1.82) is 0 Å². The number of hydrogen-bond acceptors (Lipinski definition) is 6. The predicted octanol–water partition coefficient (Wildman–Crippen LogP) is 4.38. The molecule has 0 saturated carbocycles. The molecule has 2 aliphatic rings. The van der Waals surface area contributed by atoms with Gasteiger partial charge < -0.3 is 14.2 Å². The first-order valence-electron chi connectivity index (χ1n) is 9.86. The summed E-state index contributed by atoms with van der Waals surface area (Å²) in [7, 11) is 1.57. The first-order valence-corrected chi connectivity index (χ1v) is 10.7. The van der Waals surface area contributed by atoms with Crippen LogP contribution in [0.2, 0.25) is 0 Å². The number of alkyl halides is 1. The molecule has 0 unspecified atom stereocenters. The molecule has 1 amide bonds. The number of aliphatic imine (C=N–C) groups is 1. The summed E-state index contributed by atoms with van der Waals surface area (Å²) in [5, 5.41) is 0.399. The van der Waals surface area contributed by atoms with Crippen molar-refractivity contribution in [3.8, 4) is 0 Å². The van der Waals surface area contributed by atoms with Crippen molar-refractivity contribution in [1.82, 2.24) is 4.90 Å². The number of carbonyl (C=O) groups is 1. The number of amides is 1. The minimum atomic E-state index is -1.32. The SMILES string of the molecule is CC[C@H]1O[C@@H]2SC(N(C)C(=O)OC(C)(C)C)=N[C@@H]2[C@@H](F)[C@@H]1OCc1ccccc1. The van der Waals surface area contributed by atoms with Crippen LogP contribution in [0.5, 0.6) is 0 Å². The molecule has 0 spiro atoms. The fraction of sp³-hybridized carbons (Fsp3) is 0.619. The van der Waals surface area contributed by atoms with Gasteiger partial charge in [0.05, 0.1) is 12.7 Å². The zero-order valence-electron chi connectivity index (χ0n) is 17.5. The van der Waals surface area contributed by atoms with Crippen molar-refractivity contribution in [3.63, 3.8) is 0 Å². The Hall–Kier alpha value is -1.64. The third kappa shape index (κ3) is 5.29. The number of thioether (sulfide) groups is 1. The lowest BCUT2D eigenvalue weighted by Gasteiger charge is -2.39. The zero-order valence-corrected chi connectivity index (χ0v) is 18.3. The Morgan fingerprint density at radius 1 is 1.31 bits per heavy atom. The molecule has 1 aromatic rings. The van der Waals surface area contributed by atoms with E-state index in [1.165, 1.54) is 16.7 Å². The van der Waals surface area contributed by atoms with E-state index in [4.69, 9.17) is 14.2 Å². The van der Waals surface area contributed by atoms with Crippen molar-refractivity contribution < 1.29 is 23.4 Å². The minimum Gasteiger partial charge on any atom is -0.443 e. The molecule has 2 aliphatic heterocycles. The Labute approximate surface area is 175 Å². The number of halogens is 1. The summed E-state index contributed by atoms with van der Waals surface area (Å²) >= 11 is 1.25. The first kappa shape index (κ1) is 22.1. The van der Waals surface area contributed by atoms with Crippen LogP contribution in [0.4, 0.5) is 9.18 Å². The highest BCUT2D eigenvalue weighted by atomic mass is 32.2. The van der Waals surface area contributed by atoms with Crippen molar-refractivity contribution in [2.24, 2.45) is 4.99 Å². The highest BCUT2D eigenvalue weighted by molar-refractivity contribution is 8.14. The van der Waals surface area contributed by atoms with Crippen LogP contribution in [0.15, 0.2) is 35.3 Å². The van der Waals surface area contributed by atoms with Crippen LogP contribution >= 0.6 is 11.8 Å². The molecule has 0 radical (unpaired) electrons. The molecular weight excluding hydrogens is 395 g/mol. The van der Waals surface area contributed by atoms with Crippen molar-refractivity contribution >= 4 is 23.0 Å². The topological polar surface area (TPSA) is 60.4 Å². The standard InChI is InChI=1S/C21H29FN2O4S/c1-6-14-17(26-12-13-10-8-7-9-11-13)15(22)16-18(27-14)29-19(23-16)24(5)20(25)28-21(2,3)4/h7-11,14-18H,6,12H2,1-5H3/t14-,15-,16-,17-,18-/m1/s1. The second-order valence-electron chi connectivity index (χ2n) is 8.22. The van der Waals surface area contributed by atoms with Gasteiger partial charge in [0.2, 0.25) is 0 Å². The summed E-state index contributed by atoms with van der Waals surface area (Å²) in [4.78, 5) is 18.1. The van der Waals surface area contributed by atoms with E-state index in [9.17, 15) is 4.79 Å². The molecule has 160 valence electrons. The Balaban J connectivity index is 1.69. The van der Waals surface area contributed by atoms with E-state index in [2.05, 4.69) is 4.99 Å². The maximum atomic E-state index is 15.4. The van der Waals surface area contributed by atoms with Crippen molar-refractivity contribution in [2.75, 3.05) is 7.05 Å². The number of fused-ring (bicyclic) bond motifs is 1. The third-order valence-electron chi connectivity index (χ3n) is 4.72. The fourth-order valence-corrected chi connectivity index (χ4v) is 4.41. The Kier molecular flexibility index (Phi) is 6.86. The van der Waals surface area contributed by atoms with E-state index in [-0.39, 0.29) is 6.10 Å². The lowest BCUT2D eigenvalue weighted by Crippen LogP contribution is -2.53. The monoisotopic (exact) mass is 424 g/mol. The molecule has 0 aromatic heterocycles. The molecule has 6 nitrogen and oxygen atoms in total. The maximum absolute atomic E-state index is 15.4. The number of benzene rings is 1. The largest absolute Gasteiger partial charge is 0.443 e. The van der Waals surface area contributed by atoms with Gasteiger partial charge in [0.1, 0.15) is 23.2 Å². The summed E-state index contributed by atoms with van der Waals surface area (Å²) in [6.07, 6.45) is -2.30. The molecule has 3 rings (SSSR count). The predicted molar refractivity (Wildman–Crippen MR) is 112 cm³/mol. The van der Waals surface area contributed by atoms with Crippen LogP contribution in [-0.4, -0.2) is 58.7 Å². The van der Waals surface area contributed by atoms with Crippen LogP contribution in [0.25, 0.3) is 0 Å². The summed E-state index contributed by atoms with van der Waals surface area (Å²) < 4.78 is 32.8. The molecule has 0 bridgehead atoms. The van der Waals surface area contributed by atoms with Gasteiger partial charge in [-0.3, -0.25) is 9.89 Å². The molecule has 1 aromatic carbocycles. The van der Waals surface area contributed by atoms with E-state index in [0.717, 1.165) is 5.56 Å². The fourth-order valence-electron chi connectivity index (χ4n) is 3.24. The van der Waals surface area contributed by atoms with Gasteiger partial charge in [0.25, 0.3) is 0 Å². The highest BCUT2D eigenvalue weighted by Crippen LogP contribution is 2.40. The Morgan fingerprint density at radius 2 is 2.00 bits per heavy atom. The molecule has 8 heteroatoms. The van der Waals surface area contributed by atoms with E-state index in [1.807, 2.05) is 37.3 Å². The Morgan fingerprint density at radius 3 is 2.62 bits per heavy atom. The van der Waals surface area contributed by atoms with Crippen molar-refractivity contribution in [3.05, 3.63) is 35.9 Å². The quantitative estimate of drug-likeness (QED) is 0.718. The summed E-state index contributed by atoms with van der Waals surface area (Å²) in [5.41, 5.74) is -0.122.